The van der Waals surface area contributed by atoms with Gasteiger partial charge < -0.3 is 14.8 Å². The summed E-state index contributed by atoms with van der Waals surface area (Å²) in [7, 11) is 0. The number of aliphatic hydroxyl groups is 1. The molecule has 18 heavy (non-hydrogen) atoms. The molecule has 2 rings (SSSR count). The minimum atomic E-state index is -0.328. The van der Waals surface area contributed by atoms with E-state index in [4.69, 9.17) is 9.84 Å². The van der Waals surface area contributed by atoms with Gasteiger partial charge in [0.25, 0.3) is 0 Å². The molecule has 0 aliphatic rings. The average Bonchev–Trinajstić information content (AvgIpc) is 2.79. The third-order valence-corrected chi connectivity index (χ3v) is 2.81. The van der Waals surface area contributed by atoms with E-state index in [9.17, 15) is 4.79 Å². The van der Waals surface area contributed by atoms with Crippen LogP contribution in [0.5, 0.6) is 0 Å². The zero-order valence-electron chi connectivity index (χ0n) is 10.4. The lowest BCUT2D eigenvalue weighted by atomic mass is 10.1. The van der Waals surface area contributed by atoms with E-state index in [0.717, 1.165) is 29.3 Å². The number of aromatic nitrogens is 1. The first-order chi connectivity index (χ1) is 8.74. The molecule has 0 unspecified atom stereocenters. The van der Waals surface area contributed by atoms with Gasteiger partial charge in [-0.2, -0.15) is 0 Å². The van der Waals surface area contributed by atoms with Crippen LogP contribution in [0.3, 0.4) is 0 Å². The van der Waals surface area contributed by atoms with E-state index in [1.165, 1.54) is 0 Å². The molecule has 0 radical (unpaired) electrons. The van der Waals surface area contributed by atoms with Gasteiger partial charge in [0.2, 0.25) is 0 Å². The Morgan fingerprint density at radius 2 is 2.22 bits per heavy atom. The Kier molecular flexibility index (Phi) is 3.99. The van der Waals surface area contributed by atoms with Crippen molar-refractivity contribution in [3.63, 3.8) is 0 Å². The smallest absolute Gasteiger partial charge is 0.354 e. The second kappa shape index (κ2) is 5.69. The molecule has 0 fully saturated rings. The molecule has 0 aliphatic carbocycles. The van der Waals surface area contributed by atoms with E-state index in [2.05, 4.69) is 4.98 Å². The minimum Gasteiger partial charge on any atom is -0.461 e. The van der Waals surface area contributed by atoms with Crippen LogP contribution >= 0.6 is 0 Å². The van der Waals surface area contributed by atoms with Crippen LogP contribution in [-0.2, 0) is 11.2 Å². The second-order valence-corrected chi connectivity index (χ2v) is 4.15. The minimum absolute atomic E-state index is 0.191. The zero-order valence-corrected chi connectivity index (χ0v) is 10.4. The van der Waals surface area contributed by atoms with Crippen LogP contribution in [0, 0.1) is 0 Å². The molecule has 4 heteroatoms. The topological polar surface area (TPSA) is 62.3 Å². The Morgan fingerprint density at radius 3 is 2.94 bits per heavy atom. The number of carbonyl (C=O) groups excluding carboxylic acids is 1. The van der Waals surface area contributed by atoms with Crippen molar-refractivity contribution in [2.45, 2.75) is 19.8 Å². The van der Waals surface area contributed by atoms with Gasteiger partial charge in [0.15, 0.2) is 0 Å². The number of ether oxygens (including phenoxy) is 1. The summed E-state index contributed by atoms with van der Waals surface area (Å²) in [5.74, 6) is -0.328. The van der Waals surface area contributed by atoms with Crippen LogP contribution in [0.15, 0.2) is 24.3 Å². The van der Waals surface area contributed by atoms with E-state index in [1.807, 2.05) is 18.2 Å². The monoisotopic (exact) mass is 247 g/mol. The lowest BCUT2D eigenvalue weighted by Crippen LogP contribution is -2.04. The molecule has 0 atom stereocenters. The number of hydrogen-bond donors (Lipinski definition) is 2. The van der Waals surface area contributed by atoms with Crippen LogP contribution in [0.1, 0.15) is 29.4 Å². The van der Waals surface area contributed by atoms with Crippen molar-refractivity contribution in [2.24, 2.45) is 0 Å². The summed E-state index contributed by atoms with van der Waals surface area (Å²) in [6, 6.07) is 7.79. The summed E-state index contributed by atoms with van der Waals surface area (Å²) in [5.41, 5.74) is 2.55. The lowest BCUT2D eigenvalue weighted by Gasteiger charge is -1.99. The van der Waals surface area contributed by atoms with Crippen LogP contribution in [0.2, 0.25) is 0 Å². The van der Waals surface area contributed by atoms with Crippen LogP contribution in [0.25, 0.3) is 10.9 Å². The molecule has 0 saturated carbocycles. The maximum atomic E-state index is 11.6. The highest BCUT2D eigenvalue weighted by atomic mass is 16.5. The molecule has 4 nitrogen and oxygen atoms in total. The first kappa shape index (κ1) is 12.6. The quantitative estimate of drug-likeness (QED) is 0.797. The fourth-order valence-electron chi connectivity index (χ4n) is 1.93. The molecule has 0 saturated heterocycles. The fraction of sp³-hybridized carbons (Fsp3) is 0.357. The predicted octanol–water partition coefficient (Wildman–Crippen LogP) is 2.27. The number of esters is 1. The number of aliphatic hydroxyl groups excluding tert-OH is 1. The molecule has 0 amide bonds. The molecule has 0 bridgehead atoms. The van der Waals surface area contributed by atoms with Gasteiger partial charge in [0.05, 0.1) is 6.61 Å². The zero-order chi connectivity index (χ0) is 13.0. The first-order valence-corrected chi connectivity index (χ1v) is 6.14. The van der Waals surface area contributed by atoms with Gasteiger partial charge in [-0.05, 0) is 37.5 Å². The number of rotatable bonds is 5. The number of aromatic amines is 1. The average molecular weight is 247 g/mol. The van der Waals surface area contributed by atoms with Crippen LogP contribution in [-0.4, -0.2) is 29.3 Å². The molecule has 2 aromatic rings. The summed E-state index contributed by atoms with van der Waals surface area (Å²) in [4.78, 5) is 14.6. The van der Waals surface area contributed by atoms with Gasteiger partial charge in [-0.25, -0.2) is 4.79 Å². The van der Waals surface area contributed by atoms with E-state index >= 15 is 0 Å². The van der Waals surface area contributed by atoms with Gasteiger partial charge >= 0.3 is 5.97 Å². The Hall–Kier alpha value is -1.81. The fourth-order valence-corrected chi connectivity index (χ4v) is 1.93. The summed E-state index contributed by atoms with van der Waals surface area (Å²) in [6.07, 6.45) is 1.58. The number of fused-ring (bicyclic) bond motifs is 1. The summed E-state index contributed by atoms with van der Waals surface area (Å²) in [6.45, 7) is 2.35. The SMILES string of the molecule is CCOC(=O)c1cc2ccc(CCCO)cc2[nH]1. The third-order valence-electron chi connectivity index (χ3n) is 2.81. The second-order valence-electron chi connectivity index (χ2n) is 4.15. The van der Waals surface area contributed by atoms with Crippen molar-refractivity contribution in [2.75, 3.05) is 13.2 Å². The summed E-state index contributed by atoms with van der Waals surface area (Å²) < 4.78 is 4.95. The maximum absolute atomic E-state index is 11.6. The first-order valence-electron chi connectivity index (χ1n) is 6.14. The highest BCUT2D eigenvalue weighted by Crippen LogP contribution is 2.18. The Morgan fingerprint density at radius 1 is 1.39 bits per heavy atom. The van der Waals surface area contributed by atoms with Gasteiger partial charge in [0.1, 0.15) is 5.69 Å². The Balaban J connectivity index is 2.25. The van der Waals surface area contributed by atoms with Gasteiger partial charge in [0, 0.05) is 17.5 Å². The van der Waals surface area contributed by atoms with Crippen molar-refractivity contribution in [3.8, 4) is 0 Å². The normalized spacial score (nSPS) is 10.8. The highest BCUT2D eigenvalue weighted by molar-refractivity contribution is 5.94. The molecular formula is C14H17NO3. The van der Waals surface area contributed by atoms with Gasteiger partial charge in [-0.1, -0.05) is 12.1 Å². The number of benzene rings is 1. The molecule has 1 aromatic carbocycles. The largest absolute Gasteiger partial charge is 0.461 e. The number of nitrogens with one attached hydrogen (secondary N) is 1. The number of carbonyl (C=O) groups is 1. The molecule has 0 spiro atoms. The van der Waals surface area contributed by atoms with Gasteiger partial charge in [-0.15, -0.1) is 0 Å². The van der Waals surface area contributed by atoms with E-state index < -0.39 is 0 Å². The molecule has 0 aliphatic heterocycles. The van der Waals surface area contributed by atoms with E-state index in [-0.39, 0.29) is 12.6 Å². The summed E-state index contributed by atoms with van der Waals surface area (Å²) >= 11 is 0. The number of hydrogen-bond acceptors (Lipinski definition) is 3. The molecule has 1 heterocycles. The molecule has 1 aromatic heterocycles. The summed E-state index contributed by atoms with van der Waals surface area (Å²) in [5, 5.41) is 9.80. The number of H-pyrrole nitrogens is 1. The van der Waals surface area contributed by atoms with Crippen LogP contribution < -0.4 is 0 Å². The highest BCUT2D eigenvalue weighted by Gasteiger charge is 2.10. The van der Waals surface area contributed by atoms with Gasteiger partial charge in [-0.3, -0.25) is 0 Å². The van der Waals surface area contributed by atoms with Crippen molar-refractivity contribution < 1.29 is 14.6 Å². The standard InChI is InChI=1S/C14H17NO3/c1-2-18-14(17)13-9-11-6-5-10(4-3-7-16)8-12(11)15-13/h5-6,8-9,15-16H,2-4,7H2,1H3. The predicted molar refractivity (Wildman–Crippen MR) is 69.7 cm³/mol. The lowest BCUT2D eigenvalue weighted by molar-refractivity contribution is 0.0520. The van der Waals surface area contributed by atoms with Crippen molar-refractivity contribution >= 4 is 16.9 Å². The van der Waals surface area contributed by atoms with Crippen molar-refractivity contribution in [3.05, 3.63) is 35.5 Å². The molecule has 96 valence electrons. The van der Waals surface area contributed by atoms with Crippen LogP contribution in [0.4, 0.5) is 0 Å². The third kappa shape index (κ3) is 2.71. The number of aryl methyl sites for hydroxylation is 1. The maximum Gasteiger partial charge on any atom is 0.354 e. The van der Waals surface area contributed by atoms with E-state index in [1.54, 1.807) is 13.0 Å². The van der Waals surface area contributed by atoms with Crippen molar-refractivity contribution in [1.29, 1.82) is 0 Å². The molecule has 2 N–H and O–H groups in total. The van der Waals surface area contributed by atoms with Crippen molar-refractivity contribution in [1.82, 2.24) is 4.98 Å². The molecular weight excluding hydrogens is 230 g/mol. The Bertz CT molecular complexity index is 545. The van der Waals surface area contributed by atoms with E-state index in [0.29, 0.717) is 12.3 Å². The Labute approximate surface area is 106 Å².